The first-order valence-electron chi connectivity index (χ1n) is 8.70. The molecule has 0 aromatic carbocycles. The minimum atomic E-state index is -0.729. The van der Waals surface area contributed by atoms with Gasteiger partial charge in [-0.2, -0.15) is 0 Å². The van der Waals surface area contributed by atoms with Crippen LogP contribution in [0.25, 0.3) is 0 Å². The maximum absolute atomic E-state index is 10.3. The van der Waals surface area contributed by atoms with Gasteiger partial charge in [-0.25, -0.2) is 0 Å². The van der Waals surface area contributed by atoms with Crippen molar-refractivity contribution in [2.75, 3.05) is 0 Å². The second kappa shape index (κ2) is 20.4. The summed E-state index contributed by atoms with van der Waals surface area (Å²) in [6.07, 6.45) is 23.6. The van der Waals surface area contributed by atoms with Crippen LogP contribution in [0.1, 0.15) is 64.7 Å². The molecule has 3 nitrogen and oxygen atoms in total. The van der Waals surface area contributed by atoms with Gasteiger partial charge in [0.25, 0.3) is 0 Å². The van der Waals surface area contributed by atoms with Crippen molar-refractivity contribution in [2.45, 2.75) is 70.8 Å². The van der Waals surface area contributed by atoms with E-state index < -0.39 is 5.97 Å². The van der Waals surface area contributed by atoms with Crippen molar-refractivity contribution in [1.82, 2.24) is 0 Å². The topological polar surface area (TPSA) is 57.5 Å². The van der Waals surface area contributed by atoms with Crippen LogP contribution in [-0.4, -0.2) is 51.8 Å². The van der Waals surface area contributed by atoms with Crippen LogP contribution in [-0.2, 0) is 4.79 Å². The van der Waals surface area contributed by atoms with E-state index in [1.54, 1.807) is 0 Å². The number of aliphatic hydroxyl groups is 1. The molecule has 0 aliphatic rings. The molecule has 132 valence electrons. The quantitative estimate of drug-likeness (QED) is 0.210. The molecule has 0 saturated carbocycles. The van der Waals surface area contributed by atoms with Crippen molar-refractivity contribution in [3.63, 3.8) is 0 Å². The van der Waals surface area contributed by atoms with E-state index in [2.05, 4.69) is 31.2 Å². The molecule has 0 spiro atoms. The molecule has 0 radical (unpaired) electrons. The van der Waals surface area contributed by atoms with Crippen molar-refractivity contribution >= 4 is 35.5 Å². The molecule has 2 N–H and O–H groups in total. The van der Waals surface area contributed by atoms with Gasteiger partial charge in [0.05, 0.1) is 6.10 Å². The van der Waals surface area contributed by atoms with Gasteiger partial charge in [0.2, 0.25) is 0 Å². The number of aliphatic carboxylic acids is 1. The summed E-state index contributed by atoms with van der Waals surface area (Å²) in [5.74, 6) is -0.729. The normalized spacial score (nSPS) is 13.2. The summed E-state index contributed by atoms with van der Waals surface area (Å²) in [4.78, 5) is 10.3. The summed E-state index contributed by atoms with van der Waals surface area (Å²) in [6.45, 7) is 2.16. The van der Waals surface area contributed by atoms with Crippen LogP contribution < -0.4 is 0 Å². The van der Waals surface area contributed by atoms with Crippen molar-refractivity contribution in [2.24, 2.45) is 0 Å². The van der Waals surface area contributed by atoms with Gasteiger partial charge in [0.15, 0.2) is 0 Å². The summed E-state index contributed by atoms with van der Waals surface area (Å²) in [5, 5.41) is 18.2. The van der Waals surface area contributed by atoms with E-state index in [1.165, 1.54) is 12.8 Å². The summed E-state index contributed by atoms with van der Waals surface area (Å²) in [7, 11) is 0. The summed E-state index contributed by atoms with van der Waals surface area (Å²) in [6, 6.07) is 0. The predicted molar refractivity (Wildman–Crippen MR) is 105 cm³/mol. The van der Waals surface area contributed by atoms with Crippen LogP contribution in [0.3, 0.4) is 0 Å². The molecule has 0 aliphatic carbocycles. The van der Waals surface area contributed by atoms with E-state index in [4.69, 9.17) is 5.11 Å². The van der Waals surface area contributed by atoms with Crippen LogP contribution in [0.5, 0.6) is 0 Å². The molecule has 0 fully saturated rings. The standard InChI is InChI=1S/C20H32O3.Na.H/c1-2-3-13-16-19(21)17-14-11-9-7-5-4-6-8-10-12-15-18-20(22)23;;/h4-5,8-11,14,17,19,21H,2-3,6-7,12-13,15-16,18H2,1H3,(H,22,23);;/b5-4+,10-8+,11-9+,17-14+;;. The Morgan fingerprint density at radius 2 is 1.62 bits per heavy atom. The molecular formula is C20H33NaO3. The van der Waals surface area contributed by atoms with Gasteiger partial charge >= 0.3 is 35.5 Å². The molecule has 0 bridgehead atoms. The molecule has 4 heteroatoms. The second-order valence-corrected chi connectivity index (χ2v) is 5.58. The number of carbonyl (C=O) groups is 1. The number of carboxylic acids is 1. The van der Waals surface area contributed by atoms with Crippen molar-refractivity contribution < 1.29 is 15.0 Å². The molecule has 0 amide bonds. The van der Waals surface area contributed by atoms with Gasteiger partial charge in [0.1, 0.15) is 0 Å². The summed E-state index contributed by atoms with van der Waals surface area (Å²) >= 11 is 0. The number of allylic oxidation sites excluding steroid dienone is 7. The minimum absolute atomic E-state index is 0. The fourth-order valence-corrected chi connectivity index (χ4v) is 1.98. The van der Waals surface area contributed by atoms with Gasteiger partial charge in [-0.1, -0.05) is 74.8 Å². The SMILES string of the molecule is CCCCCC(O)/C=C/C=C/C/C=C/C/C=C/CCCC(=O)O.[NaH]. The van der Waals surface area contributed by atoms with Crippen molar-refractivity contribution in [3.8, 4) is 0 Å². The fraction of sp³-hybridized carbons (Fsp3) is 0.550. The van der Waals surface area contributed by atoms with E-state index in [0.717, 1.165) is 32.1 Å². The molecule has 0 aromatic heterocycles. The number of unbranched alkanes of at least 4 members (excludes halogenated alkanes) is 3. The average molecular weight is 344 g/mol. The zero-order chi connectivity index (χ0) is 17.2. The average Bonchev–Trinajstić information content (AvgIpc) is 2.51. The first-order valence-corrected chi connectivity index (χ1v) is 8.70. The Morgan fingerprint density at radius 3 is 2.29 bits per heavy atom. The molecule has 0 aromatic rings. The molecule has 0 aliphatic heterocycles. The van der Waals surface area contributed by atoms with Gasteiger partial charge in [-0.15, -0.1) is 0 Å². The van der Waals surface area contributed by atoms with Gasteiger partial charge in [0, 0.05) is 6.42 Å². The Kier molecular flexibility index (Phi) is 21.8. The number of hydrogen-bond donors (Lipinski definition) is 2. The van der Waals surface area contributed by atoms with Crippen LogP contribution in [0.2, 0.25) is 0 Å². The molecule has 24 heavy (non-hydrogen) atoms. The van der Waals surface area contributed by atoms with Crippen LogP contribution >= 0.6 is 0 Å². The Hall–Kier alpha value is -0.610. The van der Waals surface area contributed by atoms with Gasteiger partial charge < -0.3 is 10.2 Å². The monoisotopic (exact) mass is 344 g/mol. The molecule has 0 rings (SSSR count). The van der Waals surface area contributed by atoms with Gasteiger partial charge in [-0.05, 0) is 32.1 Å². The van der Waals surface area contributed by atoms with E-state index in [1.807, 2.05) is 24.3 Å². The molecule has 1 unspecified atom stereocenters. The van der Waals surface area contributed by atoms with Gasteiger partial charge in [-0.3, -0.25) is 4.79 Å². The fourth-order valence-electron chi connectivity index (χ4n) is 1.98. The first-order chi connectivity index (χ1) is 11.2. The maximum atomic E-state index is 10.3. The Morgan fingerprint density at radius 1 is 0.958 bits per heavy atom. The van der Waals surface area contributed by atoms with E-state index in [9.17, 15) is 9.90 Å². The molecular weight excluding hydrogens is 311 g/mol. The first kappa shape index (κ1) is 25.6. The van der Waals surface area contributed by atoms with Crippen LogP contribution in [0, 0.1) is 0 Å². The third-order valence-electron chi connectivity index (χ3n) is 3.32. The number of aliphatic hydroxyl groups excluding tert-OH is 1. The van der Waals surface area contributed by atoms with Crippen molar-refractivity contribution in [1.29, 1.82) is 0 Å². The van der Waals surface area contributed by atoms with Crippen LogP contribution in [0.15, 0.2) is 48.6 Å². The zero-order valence-electron chi connectivity index (χ0n) is 14.4. The number of hydrogen-bond acceptors (Lipinski definition) is 2. The third-order valence-corrected chi connectivity index (χ3v) is 3.32. The second-order valence-electron chi connectivity index (χ2n) is 5.58. The Labute approximate surface area is 169 Å². The van der Waals surface area contributed by atoms with E-state index in [0.29, 0.717) is 6.42 Å². The summed E-state index contributed by atoms with van der Waals surface area (Å²) in [5.41, 5.74) is 0. The molecule has 0 saturated heterocycles. The predicted octanol–water partition coefficient (Wildman–Crippen LogP) is 4.54. The zero-order valence-corrected chi connectivity index (χ0v) is 14.4. The van der Waals surface area contributed by atoms with E-state index in [-0.39, 0.29) is 42.1 Å². The Bertz CT molecular complexity index is 398. The molecule has 1 atom stereocenters. The Balaban J connectivity index is 0. The van der Waals surface area contributed by atoms with Crippen molar-refractivity contribution in [3.05, 3.63) is 48.6 Å². The summed E-state index contributed by atoms with van der Waals surface area (Å²) < 4.78 is 0. The van der Waals surface area contributed by atoms with Crippen LogP contribution in [0.4, 0.5) is 0 Å². The number of rotatable bonds is 14. The third kappa shape index (κ3) is 21.4. The van der Waals surface area contributed by atoms with E-state index >= 15 is 0 Å². The molecule has 0 heterocycles. The number of carboxylic acid groups (broad SMARTS) is 1.